The Hall–Kier alpha value is -0.251. The Morgan fingerprint density at radius 2 is 2.00 bits per heavy atom. The molecule has 1 rings (SSSR count). The number of hydrogen-bond acceptors (Lipinski definition) is 2. The van der Waals surface area contributed by atoms with Crippen LogP contribution < -0.4 is 8.32 Å². The maximum atomic E-state index is 5.44. The van der Waals surface area contributed by atoms with Crippen LogP contribution in [0.15, 0.2) is 18.3 Å². The van der Waals surface area contributed by atoms with E-state index in [1.54, 1.807) is 0 Å². The molecule has 0 atom stereocenters. The van der Waals surface area contributed by atoms with Crippen LogP contribution in [0.5, 0.6) is 5.88 Å². The minimum absolute atomic E-state index is 0.755. The van der Waals surface area contributed by atoms with E-state index in [0.717, 1.165) is 18.9 Å². The van der Waals surface area contributed by atoms with E-state index in [4.69, 9.17) is 4.74 Å². The number of nitrogens with zero attached hydrogens (tertiary/aromatic N) is 1. The van der Waals surface area contributed by atoms with E-state index in [2.05, 4.69) is 32.8 Å². The normalized spacial score (nSPS) is 11.4. The van der Waals surface area contributed by atoms with Crippen LogP contribution in [0.4, 0.5) is 0 Å². The summed E-state index contributed by atoms with van der Waals surface area (Å²) in [4.78, 5) is 11.5. The Balaban J connectivity index is 2.69. The second-order valence-corrected chi connectivity index (χ2v) is 19.0. The molecule has 0 amide bonds. The average Bonchev–Trinajstić information content (AvgIpc) is 2.14. The number of hydrogen-bond donors (Lipinski definition) is 0. The molecular weight excluding hydrogens is 281 g/mol. The molecule has 0 saturated carbocycles. The quantitative estimate of drug-likeness (QED) is 0.797. The monoisotopic (exact) mass is 301 g/mol. The van der Waals surface area contributed by atoms with Crippen molar-refractivity contribution in [2.75, 3.05) is 6.61 Å². The molecule has 1 aromatic heterocycles. The number of ether oxygens (including phenoxy) is 1. The molecule has 0 unspecified atom stereocenters. The zero-order valence-electron chi connectivity index (χ0n) is 9.50. The molecule has 0 radical (unpaired) electrons. The predicted molar refractivity (Wildman–Crippen MR) is 63.0 cm³/mol. The molecule has 1 aromatic rings. The molecule has 0 fully saturated rings. The molecule has 0 aliphatic rings. The topological polar surface area (TPSA) is 22.1 Å². The summed E-state index contributed by atoms with van der Waals surface area (Å²) in [5.74, 6) is 0.756. The second kappa shape index (κ2) is 5.01. The average molecular weight is 300 g/mol. The Bertz CT molecular complexity index is 276. The molecular formula is C11H19NOSn. The number of rotatable bonds is 4. The fourth-order valence-corrected chi connectivity index (χ4v) is 4.07. The summed E-state index contributed by atoms with van der Waals surface area (Å²) in [7, 11) is 0. The number of pyridine rings is 1. The van der Waals surface area contributed by atoms with Crippen LogP contribution in [0.1, 0.15) is 13.3 Å². The van der Waals surface area contributed by atoms with Gasteiger partial charge in [-0.1, -0.05) is 0 Å². The van der Waals surface area contributed by atoms with E-state index in [-0.39, 0.29) is 0 Å². The maximum absolute atomic E-state index is 5.44. The van der Waals surface area contributed by atoms with Crippen molar-refractivity contribution in [2.24, 2.45) is 0 Å². The van der Waals surface area contributed by atoms with Gasteiger partial charge in [0.25, 0.3) is 0 Å². The summed E-state index contributed by atoms with van der Waals surface area (Å²) in [6.07, 6.45) is 3.02. The first-order valence-electron chi connectivity index (χ1n) is 5.13. The van der Waals surface area contributed by atoms with Gasteiger partial charge in [-0.25, -0.2) is 0 Å². The zero-order chi connectivity index (χ0) is 10.6. The van der Waals surface area contributed by atoms with E-state index >= 15 is 0 Å². The van der Waals surface area contributed by atoms with Crippen molar-refractivity contribution in [1.82, 2.24) is 4.98 Å². The third-order valence-corrected chi connectivity index (χ3v) is 7.84. The molecule has 0 aromatic carbocycles. The van der Waals surface area contributed by atoms with Crippen molar-refractivity contribution in [3.8, 4) is 5.88 Å². The Morgan fingerprint density at radius 3 is 2.43 bits per heavy atom. The Kier molecular flexibility index (Phi) is 4.23. The van der Waals surface area contributed by atoms with Gasteiger partial charge in [-0.3, -0.25) is 0 Å². The van der Waals surface area contributed by atoms with Gasteiger partial charge in [-0.15, -0.1) is 0 Å². The zero-order valence-corrected chi connectivity index (χ0v) is 12.4. The molecule has 0 saturated heterocycles. The van der Waals surface area contributed by atoms with Gasteiger partial charge in [0, 0.05) is 0 Å². The van der Waals surface area contributed by atoms with E-state index in [1.165, 1.54) is 3.58 Å². The van der Waals surface area contributed by atoms with Gasteiger partial charge in [0.15, 0.2) is 0 Å². The van der Waals surface area contributed by atoms with E-state index in [9.17, 15) is 0 Å². The van der Waals surface area contributed by atoms with Gasteiger partial charge >= 0.3 is 90.7 Å². The first-order valence-corrected chi connectivity index (χ1v) is 15.1. The van der Waals surface area contributed by atoms with Crippen LogP contribution in [0.25, 0.3) is 0 Å². The fraction of sp³-hybridized carbons (Fsp3) is 0.545. The molecule has 0 bridgehead atoms. The van der Waals surface area contributed by atoms with Gasteiger partial charge in [0.2, 0.25) is 0 Å². The molecule has 2 nitrogen and oxygen atoms in total. The van der Waals surface area contributed by atoms with Crippen LogP contribution in [0.3, 0.4) is 0 Å². The molecule has 0 aliphatic heterocycles. The second-order valence-electron chi connectivity index (χ2n) is 4.48. The molecule has 0 N–H and O–H groups in total. The van der Waals surface area contributed by atoms with Crippen LogP contribution in [0.2, 0.25) is 14.8 Å². The van der Waals surface area contributed by atoms with Gasteiger partial charge < -0.3 is 0 Å². The van der Waals surface area contributed by atoms with Crippen molar-refractivity contribution < 1.29 is 4.74 Å². The first kappa shape index (κ1) is 11.8. The predicted octanol–water partition coefficient (Wildman–Crippen LogP) is 2.42. The van der Waals surface area contributed by atoms with E-state index in [0.29, 0.717) is 0 Å². The summed E-state index contributed by atoms with van der Waals surface area (Å²) in [6, 6.07) is 4.17. The van der Waals surface area contributed by atoms with Crippen molar-refractivity contribution in [3.63, 3.8) is 0 Å². The Labute approximate surface area is 90.6 Å². The molecule has 78 valence electrons. The fourth-order valence-electron chi connectivity index (χ4n) is 1.12. The third kappa shape index (κ3) is 3.48. The molecule has 14 heavy (non-hydrogen) atoms. The summed E-state index contributed by atoms with van der Waals surface area (Å²) in [6.45, 7) is 2.85. The van der Waals surface area contributed by atoms with Gasteiger partial charge in [0.1, 0.15) is 0 Å². The molecule has 3 heteroatoms. The van der Waals surface area contributed by atoms with Gasteiger partial charge in [-0.05, 0) is 0 Å². The third-order valence-electron chi connectivity index (χ3n) is 2.06. The van der Waals surface area contributed by atoms with Crippen molar-refractivity contribution >= 4 is 22.0 Å². The summed E-state index contributed by atoms with van der Waals surface area (Å²) < 4.78 is 6.88. The van der Waals surface area contributed by atoms with Crippen molar-refractivity contribution in [3.05, 3.63) is 18.3 Å². The van der Waals surface area contributed by atoms with Crippen LogP contribution >= 0.6 is 0 Å². The van der Waals surface area contributed by atoms with Crippen molar-refractivity contribution in [2.45, 2.75) is 28.2 Å². The summed E-state index contributed by atoms with van der Waals surface area (Å²) in [5, 5.41) is 0. The van der Waals surface area contributed by atoms with E-state index in [1.807, 2.05) is 12.3 Å². The van der Waals surface area contributed by atoms with Gasteiger partial charge in [0.05, 0.1) is 0 Å². The van der Waals surface area contributed by atoms with Crippen molar-refractivity contribution in [1.29, 1.82) is 0 Å². The van der Waals surface area contributed by atoms with Crippen LogP contribution in [0, 0.1) is 0 Å². The molecule has 1 heterocycles. The van der Waals surface area contributed by atoms with E-state index < -0.39 is 18.4 Å². The minimum atomic E-state index is -1.91. The first-order chi connectivity index (χ1) is 6.54. The number of aromatic nitrogens is 1. The standard InChI is InChI=1S/C8H10NO.3CH3.Sn/c1-2-7-10-8-5-3-4-6-9-8;;;;/h3,5-6H,2,7H2,1H3;3*1H3;. The summed E-state index contributed by atoms with van der Waals surface area (Å²) >= 11 is -1.91. The Morgan fingerprint density at radius 1 is 1.29 bits per heavy atom. The summed E-state index contributed by atoms with van der Waals surface area (Å²) in [5.41, 5.74) is 0. The molecule has 0 spiro atoms. The van der Waals surface area contributed by atoms with Crippen LogP contribution in [-0.4, -0.2) is 30.0 Å². The van der Waals surface area contributed by atoms with Gasteiger partial charge in [-0.2, -0.15) is 0 Å². The molecule has 0 aliphatic carbocycles. The SMILES string of the molecule is CCCOc1cc[c]([Sn]([CH3])([CH3])[CH3])cn1. The van der Waals surface area contributed by atoms with Crippen LogP contribution in [-0.2, 0) is 0 Å².